The quantitative estimate of drug-likeness (QED) is 0.0647. The number of hydrogen-bond donors (Lipinski definition) is 6. The van der Waals surface area contributed by atoms with E-state index in [1.165, 1.54) is 42.7 Å². The van der Waals surface area contributed by atoms with Crippen molar-refractivity contribution in [1.82, 2.24) is 25.0 Å². The molecule has 63 heavy (non-hydrogen) atoms. The predicted molar refractivity (Wildman–Crippen MR) is 220 cm³/mol. The molecule has 6 aromatic rings. The maximum atomic E-state index is 14.6. The number of nitrogens with one attached hydrogen (secondary N) is 5. The Bertz CT molecular complexity index is 2930. The highest BCUT2D eigenvalue weighted by Crippen LogP contribution is 2.46. The lowest BCUT2D eigenvalue weighted by Gasteiger charge is -2.33. The minimum atomic E-state index is -4.90. The maximum Gasteiger partial charge on any atom is 0.417 e. The summed E-state index contributed by atoms with van der Waals surface area (Å²) < 4.78 is 87.9. The van der Waals surface area contributed by atoms with Gasteiger partial charge >= 0.3 is 6.18 Å². The number of aryl methyl sites for hydroxylation is 1. The number of sulfone groups is 1. The van der Waals surface area contributed by atoms with Gasteiger partial charge in [-0.25, -0.2) is 22.9 Å². The Kier molecular flexibility index (Phi) is 12.0. The number of rotatable bonds is 14. The second kappa shape index (κ2) is 17.3. The Morgan fingerprint density at radius 1 is 1.00 bits per heavy atom. The van der Waals surface area contributed by atoms with Crippen molar-refractivity contribution >= 4 is 55.2 Å². The Morgan fingerprint density at radius 3 is 2.37 bits per heavy atom. The van der Waals surface area contributed by atoms with Crippen LogP contribution in [0.15, 0.2) is 94.9 Å². The molecule has 0 saturated carbocycles. The van der Waals surface area contributed by atoms with Crippen molar-refractivity contribution in [3.8, 4) is 6.07 Å². The Hall–Kier alpha value is -7.22. The molecule has 0 radical (unpaired) electrons. The summed E-state index contributed by atoms with van der Waals surface area (Å²) in [5, 5.41) is 42.6. The maximum absolute atomic E-state index is 14.6. The van der Waals surface area contributed by atoms with Gasteiger partial charge in [0, 0.05) is 41.7 Å². The van der Waals surface area contributed by atoms with Gasteiger partial charge in [0.25, 0.3) is 11.5 Å². The van der Waals surface area contributed by atoms with E-state index in [9.17, 15) is 45.5 Å². The SMILES string of the molecule is Cn1ncnc1[C@H]1c2n[nH]c(=O)c3cc(F)cc(c23)N[C@@H]1c1ccc(NC(=O)COCCNc2ccc(S(=O)(=O)C[C@](C)(O)C(=O)Nc3ccc(C#N)c(C(F)(F)F)c3)cc2)cc1. The number of hydrogen-bond acceptors (Lipinski definition) is 13. The number of nitriles is 1. The third kappa shape index (κ3) is 9.49. The average molecular weight is 889 g/mol. The van der Waals surface area contributed by atoms with E-state index >= 15 is 0 Å². The van der Waals surface area contributed by atoms with Gasteiger partial charge in [0.05, 0.1) is 57.5 Å². The molecule has 4 aromatic carbocycles. The Morgan fingerprint density at radius 2 is 1.70 bits per heavy atom. The van der Waals surface area contributed by atoms with E-state index in [1.54, 1.807) is 36.0 Å². The standard InChI is InChI=1S/C41H36F4N10O7S/c1-40(59,39(58)51-27-8-5-23(18-46)30(17-27)41(43,44)45)20-63(60,61)28-11-9-25(10-12-28)47-13-14-62-19-32(56)50-26-6-3-22(4-7-26)35-34(37-48-21-49-55(37)2)36-33-29(38(57)54-53-36)15-24(42)16-31(33)52-35/h3-12,15-17,21,34-35,47,52,59H,13-14,19-20H2,1-2H3,(H,50,56)(H,51,58)(H,54,57)/t34-,35-,40+/m1/s1. The third-order valence-electron chi connectivity index (χ3n) is 10.1. The van der Waals surface area contributed by atoms with Crippen molar-refractivity contribution in [3.05, 3.63) is 130 Å². The number of H-pyrrole nitrogens is 1. The number of nitrogens with zero attached hydrogens (tertiary/aromatic N) is 5. The fraction of sp³-hybridized carbons (Fsp3) is 0.244. The summed E-state index contributed by atoms with van der Waals surface area (Å²) in [6.45, 7) is 0.914. The van der Waals surface area contributed by atoms with Crippen LogP contribution in [0.1, 0.15) is 47.1 Å². The van der Waals surface area contributed by atoms with Crippen LogP contribution in [0.25, 0.3) is 10.8 Å². The first kappa shape index (κ1) is 43.9. The lowest BCUT2D eigenvalue weighted by atomic mass is 9.83. The molecule has 3 atom stereocenters. The topological polar surface area (TPSA) is 246 Å². The van der Waals surface area contributed by atoms with Crippen LogP contribution in [0.3, 0.4) is 0 Å². The fourth-order valence-electron chi connectivity index (χ4n) is 7.09. The second-order valence-corrected chi connectivity index (χ2v) is 16.7. The van der Waals surface area contributed by atoms with Crippen molar-refractivity contribution in [1.29, 1.82) is 5.26 Å². The van der Waals surface area contributed by atoms with Gasteiger partial charge in [0.2, 0.25) is 5.91 Å². The molecule has 0 spiro atoms. The monoisotopic (exact) mass is 888 g/mol. The molecule has 0 aliphatic carbocycles. The van der Waals surface area contributed by atoms with E-state index in [0.717, 1.165) is 30.7 Å². The molecule has 17 nitrogen and oxygen atoms in total. The van der Waals surface area contributed by atoms with Gasteiger partial charge in [-0.05, 0) is 79.2 Å². The van der Waals surface area contributed by atoms with Crippen molar-refractivity contribution < 1.29 is 45.4 Å². The van der Waals surface area contributed by atoms with E-state index in [4.69, 9.17) is 10.00 Å². The molecule has 0 fully saturated rings. The zero-order chi connectivity index (χ0) is 45.3. The Labute approximate surface area is 355 Å². The van der Waals surface area contributed by atoms with E-state index in [0.29, 0.717) is 40.0 Å². The average Bonchev–Trinajstić information content (AvgIpc) is 3.66. The number of ether oxygens (including phenoxy) is 1. The highest BCUT2D eigenvalue weighted by molar-refractivity contribution is 7.91. The highest BCUT2D eigenvalue weighted by Gasteiger charge is 2.39. The highest BCUT2D eigenvalue weighted by atomic mass is 32.2. The van der Waals surface area contributed by atoms with Crippen LogP contribution >= 0.6 is 0 Å². The molecule has 22 heteroatoms. The minimum absolute atomic E-state index is 0.0823. The van der Waals surface area contributed by atoms with Crippen LogP contribution in [0.5, 0.6) is 0 Å². The lowest BCUT2D eigenvalue weighted by molar-refractivity contribution is -0.138. The van der Waals surface area contributed by atoms with Crippen LogP contribution in [0.4, 0.5) is 40.3 Å². The van der Waals surface area contributed by atoms with Crippen LogP contribution < -0.4 is 26.8 Å². The molecule has 1 aliphatic rings. The first-order valence-electron chi connectivity index (χ1n) is 18.9. The Balaban J connectivity index is 0.893. The number of benzene rings is 4. The lowest BCUT2D eigenvalue weighted by Crippen LogP contribution is -2.45. The summed E-state index contributed by atoms with van der Waals surface area (Å²) in [5.41, 5.74) is -2.91. The zero-order valence-electron chi connectivity index (χ0n) is 33.1. The number of aliphatic hydroxyl groups is 1. The smallest absolute Gasteiger partial charge is 0.383 e. The third-order valence-corrected chi connectivity index (χ3v) is 12.0. The molecule has 0 unspecified atom stereocenters. The second-order valence-electron chi connectivity index (χ2n) is 14.7. The van der Waals surface area contributed by atoms with Crippen LogP contribution in [0, 0.1) is 17.1 Å². The van der Waals surface area contributed by atoms with E-state index < -0.39 is 79.3 Å². The molecule has 1 aliphatic heterocycles. The molecular formula is C41H36F4N10O7S. The summed E-state index contributed by atoms with van der Waals surface area (Å²) in [5.74, 6) is -3.41. The largest absolute Gasteiger partial charge is 0.417 e. The number of aromatic nitrogens is 5. The first-order valence-corrected chi connectivity index (χ1v) is 20.5. The fourth-order valence-corrected chi connectivity index (χ4v) is 8.68. The summed E-state index contributed by atoms with van der Waals surface area (Å²) >= 11 is 0. The number of carbonyl (C=O) groups is 2. The van der Waals surface area contributed by atoms with Crippen molar-refractivity contribution in [2.24, 2.45) is 7.05 Å². The number of amides is 2. The summed E-state index contributed by atoms with van der Waals surface area (Å²) in [6.07, 6.45) is -3.50. The molecule has 0 saturated heterocycles. The number of anilines is 4. The molecule has 0 bridgehead atoms. The van der Waals surface area contributed by atoms with Gasteiger partial charge < -0.3 is 31.1 Å². The van der Waals surface area contributed by atoms with Gasteiger partial charge in [-0.2, -0.15) is 28.6 Å². The molecule has 2 aromatic heterocycles. The molecule has 3 heterocycles. The molecule has 6 N–H and O–H groups in total. The van der Waals surface area contributed by atoms with Crippen LogP contribution in [-0.2, 0) is 37.4 Å². The van der Waals surface area contributed by atoms with Crippen molar-refractivity contribution in [2.75, 3.05) is 46.8 Å². The zero-order valence-corrected chi connectivity index (χ0v) is 33.9. The minimum Gasteiger partial charge on any atom is -0.383 e. The number of aromatic amines is 1. The van der Waals surface area contributed by atoms with Gasteiger partial charge in [-0.15, -0.1) is 0 Å². The summed E-state index contributed by atoms with van der Waals surface area (Å²) in [7, 11) is -2.56. The summed E-state index contributed by atoms with van der Waals surface area (Å²) in [6, 6.07) is 18.0. The van der Waals surface area contributed by atoms with Crippen molar-refractivity contribution in [2.45, 2.75) is 35.6 Å². The molecular weight excluding hydrogens is 853 g/mol. The van der Waals surface area contributed by atoms with E-state index in [2.05, 4.69) is 41.5 Å². The first-order chi connectivity index (χ1) is 29.8. The predicted octanol–water partition coefficient (Wildman–Crippen LogP) is 4.61. The molecule has 7 rings (SSSR count). The normalized spacial score (nSPS) is 15.8. The number of alkyl halides is 3. The van der Waals surface area contributed by atoms with E-state index in [1.807, 2.05) is 0 Å². The van der Waals surface area contributed by atoms with Crippen molar-refractivity contribution in [3.63, 3.8) is 0 Å². The van der Waals surface area contributed by atoms with Gasteiger partial charge in [-0.3, -0.25) is 19.1 Å². The van der Waals surface area contributed by atoms with Gasteiger partial charge in [0.15, 0.2) is 15.4 Å². The summed E-state index contributed by atoms with van der Waals surface area (Å²) in [4.78, 5) is 42.2. The molecule has 326 valence electrons. The van der Waals surface area contributed by atoms with Crippen LogP contribution in [-0.4, -0.2) is 81.4 Å². The van der Waals surface area contributed by atoms with E-state index in [-0.39, 0.29) is 30.0 Å². The number of carbonyl (C=O) groups excluding carboxylic acids is 2. The van der Waals surface area contributed by atoms with Crippen LogP contribution in [0.2, 0.25) is 0 Å². The molecule has 2 amide bonds. The van der Waals surface area contributed by atoms with Gasteiger partial charge in [0.1, 0.15) is 24.6 Å². The van der Waals surface area contributed by atoms with Gasteiger partial charge in [-0.1, -0.05) is 12.1 Å². The number of halogens is 4.